The van der Waals surface area contributed by atoms with E-state index >= 15 is 0 Å². The molecule has 1 aromatic carbocycles. The Labute approximate surface area is 114 Å². The fraction of sp³-hybridized carbons (Fsp3) is 0.600. The summed E-state index contributed by atoms with van der Waals surface area (Å²) in [4.78, 5) is 0. The van der Waals surface area contributed by atoms with Gasteiger partial charge in [0.1, 0.15) is 0 Å². The SMILES string of the molecule is CC(O)C(O)CCc1cc2c(cc1Cl)CCCC2. The first-order valence-corrected chi connectivity index (χ1v) is 7.12. The van der Waals surface area contributed by atoms with Gasteiger partial charge in [0.15, 0.2) is 0 Å². The van der Waals surface area contributed by atoms with Gasteiger partial charge in [0.25, 0.3) is 0 Å². The van der Waals surface area contributed by atoms with E-state index < -0.39 is 12.2 Å². The number of hydrogen-bond acceptors (Lipinski definition) is 2. The highest BCUT2D eigenvalue weighted by Crippen LogP contribution is 2.28. The Kier molecular flexibility index (Phi) is 4.66. The monoisotopic (exact) mass is 268 g/mol. The van der Waals surface area contributed by atoms with Crippen molar-refractivity contribution in [3.05, 3.63) is 33.8 Å². The van der Waals surface area contributed by atoms with E-state index in [1.165, 1.54) is 24.0 Å². The highest BCUT2D eigenvalue weighted by atomic mass is 35.5. The number of hydrogen-bond donors (Lipinski definition) is 2. The summed E-state index contributed by atoms with van der Waals surface area (Å²) in [6.45, 7) is 1.61. The van der Waals surface area contributed by atoms with Crippen LogP contribution in [0.25, 0.3) is 0 Å². The van der Waals surface area contributed by atoms with Crippen LogP contribution in [-0.2, 0) is 19.3 Å². The Bertz CT molecular complexity index is 415. The van der Waals surface area contributed by atoms with E-state index in [9.17, 15) is 10.2 Å². The maximum absolute atomic E-state index is 9.62. The van der Waals surface area contributed by atoms with E-state index in [0.717, 1.165) is 29.8 Å². The second kappa shape index (κ2) is 6.05. The summed E-state index contributed by atoms with van der Waals surface area (Å²) < 4.78 is 0. The summed E-state index contributed by atoms with van der Waals surface area (Å²) >= 11 is 6.28. The minimum atomic E-state index is -0.679. The average Bonchev–Trinajstić information content (AvgIpc) is 2.35. The molecule has 0 aliphatic heterocycles. The van der Waals surface area contributed by atoms with Crippen LogP contribution in [0.2, 0.25) is 5.02 Å². The van der Waals surface area contributed by atoms with Crippen molar-refractivity contribution in [2.24, 2.45) is 0 Å². The predicted molar refractivity (Wildman–Crippen MR) is 74.1 cm³/mol. The molecule has 1 aliphatic carbocycles. The molecule has 0 fully saturated rings. The van der Waals surface area contributed by atoms with Crippen LogP contribution < -0.4 is 0 Å². The van der Waals surface area contributed by atoms with Crippen LogP contribution in [0, 0.1) is 0 Å². The summed E-state index contributed by atoms with van der Waals surface area (Å²) in [7, 11) is 0. The van der Waals surface area contributed by atoms with Gasteiger partial charge in [-0.15, -0.1) is 0 Å². The third-order valence-electron chi connectivity index (χ3n) is 3.78. The van der Waals surface area contributed by atoms with Crippen molar-refractivity contribution in [1.82, 2.24) is 0 Å². The predicted octanol–water partition coefficient (Wildman–Crippen LogP) is 2.89. The van der Waals surface area contributed by atoms with E-state index in [-0.39, 0.29) is 0 Å². The second-order valence-electron chi connectivity index (χ2n) is 5.27. The molecule has 2 rings (SSSR count). The van der Waals surface area contributed by atoms with Crippen molar-refractivity contribution in [2.45, 2.75) is 57.7 Å². The van der Waals surface area contributed by atoms with E-state index in [2.05, 4.69) is 12.1 Å². The molecule has 2 N–H and O–H groups in total. The standard InChI is InChI=1S/C15H21ClO2/c1-10(17)15(18)7-6-13-8-11-4-2-3-5-12(11)9-14(13)16/h8-10,15,17-18H,2-7H2,1H3. The zero-order valence-corrected chi connectivity index (χ0v) is 11.6. The molecule has 1 aromatic rings. The van der Waals surface area contributed by atoms with Crippen molar-refractivity contribution in [2.75, 3.05) is 0 Å². The van der Waals surface area contributed by atoms with Crippen molar-refractivity contribution in [1.29, 1.82) is 0 Å². The summed E-state index contributed by atoms with van der Waals surface area (Å²) in [5.74, 6) is 0. The number of halogens is 1. The lowest BCUT2D eigenvalue weighted by Gasteiger charge is -2.19. The zero-order valence-electron chi connectivity index (χ0n) is 10.8. The van der Waals surface area contributed by atoms with Gasteiger partial charge in [-0.3, -0.25) is 0 Å². The van der Waals surface area contributed by atoms with Gasteiger partial charge in [0.2, 0.25) is 0 Å². The van der Waals surface area contributed by atoms with Gasteiger partial charge < -0.3 is 10.2 Å². The molecule has 2 atom stereocenters. The molecule has 0 bridgehead atoms. The number of fused-ring (bicyclic) bond motifs is 1. The minimum absolute atomic E-state index is 0.552. The minimum Gasteiger partial charge on any atom is -0.391 e. The van der Waals surface area contributed by atoms with Gasteiger partial charge in [0, 0.05) is 5.02 Å². The fourth-order valence-corrected chi connectivity index (χ4v) is 2.82. The highest BCUT2D eigenvalue weighted by molar-refractivity contribution is 6.31. The van der Waals surface area contributed by atoms with Crippen molar-refractivity contribution < 1.29 is 10.2 Å². The lowest BCUT2D eigenvalue weighted by Crippen LogP contribution is -2.23. The van der Waals surface area contributed by atoms with Crippen LogP contribution in [0.4, 0.5) is 0 Å². The molecule has 1 aliphatic rings. The van der Waals surface area contributed by atoms with Crippen LogP contribution in [0.5, 0.6) is 0 Å². The third-order valence-corrected chi connectivity index (χ3v) is 4.13. The largest absolute Gasteiger partial charge is 0.391 e. The Balaban J connectivity index is 2.08. The second-order valence-corrected chi connectivity index (χ2v) is 5.67. The first kappa shape index (κ1) is 13.9. The smallest absolute Gasteiger partial charge is 0.0799 e. The molecular weight excluding hydrogens is 248 g/mol. The van der Waals surface area contributed by atoms with Crippen LogP contribution in [-0.4, -0.2) is 22.4 Å². The lowest BCUT2D eigenvalue weighted by atomic mass is 9.89. The molecule has 0 saturated carbocycles. The van der Waals surface area contributed by atoms with Gasteiger partial charge in [-0.1, -0.05) is 17.7 Å². The molecule has 0 aromatic heterocycles. The van der Waals surface area contributed by atoms with Crippen LogP contribution in [0.15, 0.2) is 12.1 Å². The summed E-state index contributed by atoms with van der Waals surface area (Å²) in [6.07, 6.45) is 4.70. The van der Waals surface area contributed by atoms with Gasteiger partial charge in [0.05, 0.1) is 12.2 Å². The normalized spacial score (nSPS) is 18.2. The summed E-state index contributed by atoms with van der Waals surface area (Å²) in [5.41, 5.74) is 3.88. The molecule has 18 heavy (non-hydrogen) atoms. The first-order valence-electron chi connectivity index (χ1n) is 6.74. The van der Waals surface area contributed by atoms with Crippen LogP contribution in [0.3, 0.4) is 0 Å². The molecule has 2 unspecified atom stereocenters. The summed E-state index contributed by atoms with van der Waals surface area (Å²) in [6, 6.07) is 4.27. The average molecular weight is 269 g/mol. The van der Waals surface area contributed by atoms with Crippen LogP contribution in [0.1, 0.15) is 42.9 Å². The highest BCUT2D eigenvalue weighted by Gasteiger charge is 2.15. The fourth-order valence-electron chi connectivity index (χ4n) is 2.54. The number of aliphatic hydroxyl groups excluding tert-OH is 2. The molecule has 100 valence electrons. The molecule has 3 heteroatoms. The van der Waals surface area contributed by atoms with E-state index in [1.807, 2.05) is 0 Å². The van der Waals surface area contributed by atoms with Gasteiger partial charge in [-0.2, -0.15) is 0 Å². The maximum Gasteiger partial charge on any atom is 0.0799 e. The Morgan fingerprint density at radius 1 is 1.17 bits per heavy atom. The first-order chi connectivity index (χ1) is 8.58. The Morgan fingerprint density at radius 3 is 2.39 bits per heavy atom. The number of rotatable bonds is 4. The van der Waals surface area contributed by atoms with E-state index in [0.29, 0.717) is 6.42 Å². The molecule has 0 saturated heterocycles. The van der Waals surface area contributed by atoms with Gasteiger partial charge >= 0.3 is 0 Å². The zero-order chi connectivity index (χ0) is 13.1. The van der Waals surface area contributed by atoms with Gasteiger partial charge in [-0.05, 0) is 68.2 Å². The van der Waals surface area contributed by atoms with E-state index in [1.54, 1.807) is 6.92 Å². The molecule has 0 heterocycles. The van der Waals surface area contributed by atoms with Gasteiger partial charge in [-0.25, -0.2) is 0 Å². The van der Waals surface area contributed by atoms with E-state index in [4.69, 9.17) is 11.6 Å². The molecular formula is C15H21ClO2. The number of aliphatic hydroxyl groups is 2. The quantitative estimate of drug-likeness (QED) is 0.882. The van der Waals surface area contributed by atoms with Crippen molar-refractivity contribution >= 4 is 11.6 Å². The number of aryl methyl sites for hydroxylation is 3. The molecule has 2 nitrogen and oxygen atoms in total. The maximum atomic E-state index is 9.62. The van der Waals surface area contributed by atoms with Crippen molar-refractivity contribution in [3.8, 4) is 0 Å². The third kappa shape index (κ3) is 3.25. The summed E-state index contributed by atoms with van der Waals surface area (Å²) in [5, 5.41) is 19.7. The topological polar surface area (TPSA) is 40.5 Å². The molecule has 0 spiro atoms. The van der Waals surface area contributed by atoms with Crippen LogP contribution >= 0.6 is 11.6 Å². The molecule has 0 radical (unpaired) electrons. The Hall–Kier alpha value is -0.570. The molecule has 0 amide bonds. The Morgan fingerprint density at radius 2 is 1.78 bits per heavy atom. The lowest BCUT2D eigenvalue weighted by molar-refractivity contribution is 0.0265. The van der Waals surface area contributed by atoms with Crippen molar-refractivity contribution in [3.63, 3.8) is 0 Å². The number of benzene rings is 1.